The van der Waals surface area contributed by atoms with Gasteiger partial charge in [-0.05, 0) is 55.5 Å². The molecular weight excluding hydrogens is 706 g/mol. The van der Waals surface area contributed by atoms with Crippen LogP contribution in [-0.2, 0) is 14.3 Å². The highest BCUT2D eigenvalue weighted by Crippen LogP contribution is 2.69. The molecule has 5 unspecified atom stereocenters. The van der Waals surface area contributed by atoms with Gasteiger partial charge in [0.2, 0.25) is 0 Å². The zero-order valence-corrected chi connectivity index (χ0v) is 24.3. The zero-order chi connectivity index (χ0) is 25.1. The Bertz CT molecular complexity index is 1130. The molecule has 182 valence electrons. The molecule has 0 radical (unpaired) electrons. The second-order valence-corrected chi connectivity index (χ2v) is 14.9. The second kappa shape index (κ2) is 8.99. The number of carboxylic acids is 1. The van der Waals surface area contributed by atoms with Gasteiger partial charge in [-0.3, -0.25) is 9.59 Å². The van der Waals surface area contributed by atoms with Gasteiger partial charge in [-0.25, -0.2) is 0 Å². The summed E-state index contributed by atoms with van der Waals surface area (Å²) in [5.74, 6) is -1.04. The number of rotatable bonds is 8. The summed E-state index contributed by atoms with van der Waals surface area (Å²) in [4.78, 5) is 25.4. The normalized spacial score (nSPS) is 33.0. The maximum Gasteiger partial charge on any atom is 0.319 e. The molecule has 0 saturated heterocycles. The predicted molar refractivity (Wildman–Crippen MR) is 139 cm³/mol. The summed E-state index contributed by atoms with van der Waals surface area (Å²) in [7, 11) is 0. The first-order valence-electron chi connectivity index (χ1n) is 9.79. The maximum absolute atomic E-state index is 13.1. The minimum atomic E-state index is -1.60. The third kappa shape index (κ3) is 4.14. The lowest BCUT2D eigenvalue weighted by atomic mass is 10.1. The van der Waals surface area contributed by atoms with Crippen LogP contribution in [0.3, 0.4) is 0 Å². The summed E-state index contributed by atoms with van der Waals surface area (Å²) in [6, 6.07) is 13.1. The zero-order valence-electron chi connectivity index (χ0n) is 17.2. The summed E-state index contributed by atoms with van der Waals surface area (Å²) in [5, 5.41) is 11.1. The number of carboxylic acid groups (broad SMARTS) is 1. The molecule has 2 aliphatic rings. The van der Waals surface area contributed by atoms with Crippen LogP contribution in [0.5, 0.6) is 11.5 Å². The number of carbonyl (C=O) groups excluding carboxylic acids is 1. The van der Waals surface area contributed by atoms with E-state index in [-0.39, 0.29) is 0 Å². The Balaban J connectivity index is 1.47. The van der Waals surface area contributed by atoms with E-state index in [0.717, 1.165) is 0 Å². The summed E-state index contributed by atoms with van der Waals surface area (Å²) in [6.45, 7) is 1.11. The van der Waals surface area contributed by atoms with Crippen molar-refractivity contribution < 1.29 is 28.9 Å². The van der Waals surface area contributed by atoms with E-state index >= 15 is 0 Å². The Morgan fingerprint density at radius 3 is 1.79 bits per heavy atom. The molecule has 1 N–H and O–H groups in total. The van der Waals surface area contributed by atoms with E-state index in [1.807, 2.05) is 0 Å². The van der Waals surface area contributed by atoms with Crippen molar-refractivity contribution >= 4 is 94.5 Å². The quantitative estimate of drug-likeness (QED) is 0.243. The number of aliphatic carboxylic acids is 1. The highest BCUT2D eigenvalue weighted by Gasteiger charge is 2.85. The molecule has 0 bridgehead atoms. The topological polar surface area (TPSA) is 82.1 Å². The first kappa shape index (κ1) is 26.4. The van der Waals surface area contributed by atoms with Crippen molar-refractivity contribution in [3.8, 4) is 11.5 Å². The molecule has 12 heteroatoms. The molecule has 2 aromatic carbocycles. The molecule has 5 atom stereocenters. The number of benzene rings is 2. The Morgan fingerprint density at radius 1 is 0.912 bits per heavy atom. The highest BCUT2D eigenvalue weighted by atomic mass is 79.9. The SMILES string of the molecule is CC1(C(=O)OCC2(C(=O)O)C(Oc3ccc(Cl)cc3)C2(Br)Br)C(Oc2ccc(Cl)cc2)C1(Cl)Br. The van der Waals surface area contributed by atoms with Crippen LogP contribution in [0.15, 0.2) is 48.5 Å². The van der Waals surface area contributed by atoms with E-state index in [0.29, 0.717) is 21.5 Å². The van der Waals surface area contributed by atoms with E-state index in [9.17, 15) is 14.7 Å². The monoisotopic (exact) mass is 718 g/mol. The minimum absolute atomic E-state index is 0.415. The van der Waals surface area contributed by atoms with Crippen LogP contribution in [0.1, 0.15) is 6.92 Å². The van der Waals surface area contributed by atoms with E-state index in [1.165, 1.54) is 0 Å². The average molecular weight is 722 g/mol. The van der Waals surface area contributed by atoms with E-state index in [2.05, 4.69) is 47.8 Å². The summed E-state index contributed by atoms with van der Waals surface area (Å²) >= 11 is 28.4. The van der Waals surface area contributed by atoms with Gasteiger partial charge >= 0.3 is 11.9 Å². The van der Waals surface area contributed by atoms with Gasteiger partial charge in [0.25, 0.3) is 0 Å². The minimum Gasteiger partial charge on any atom is -0.487 e. The van der Waals surface area contributed by atoms with Gasteiger partial charge in [0.05, 0.1) is 0 Å². The van der Waals surface area contributed by atoms with E-state index < -0.39 is 48.6 Å². The fourth-order valence-corrected chi connectivity index (χ4v) is 6.81. The van der Waals surface area contributed by atoms with Crippen LogP contribution < -0.4 is 9.47 Å². The fraction of sp³-hybridized carbons (Fsp3) is 0.364. The summed E-state index contributed by atoms with van der Waals surface area (Å²) in [6.07, 6.45) is -1.65. The van der Waals surface area contributed by atoms with Crippen molar-refractivity contribution in [2.24, 2.45) is 10.8 Å². The van der Waals surface area contributed by atoms with E-state index in [4.69, 9.17) is 49.0 Å². The number of halogens is 6. The molecule has 2 saturated carbocycles. The molecule has 0 aliphatic heterocycles. The molecule has 2 fully saturated rings. The Morgan fingerprint density at radius 2 is 1.35 bits per heavy atom. The van der Waals surface area contributed by atoms with Crippen molar-refractivity contribution in [3.63, 3.8) is 0 Å². The first-order valence-corrected chi connectivity index (χ1v) is 13.3. The van der Waals surface area contributed by atoms with Crippen molar-refractivity contribution in [2.75, 3.05) is 6.61 Å². The first-order chi connectivity index (χ1) is 15.8. The Hall–Kier alpha value is -0.710. The van der Waals surface area contributed by atoms with Gasteiger partial charge in [-0.1, -0.05) is 71.0 Å². The smallest absolute Gasteiger partial charge is 0.319 e. The molecule has 2 aromatic rings. The third-order valence-corrected chi connectivity index (χ3v) is 10.7. The molecule has 0 heterocycles. The molecule has 0 amide bonds. The maximum atomic E-state index is 13.1. The molecular formula is C22H16Br3Cl3O6. The van der Waals surface area contributed by atoms with Crippen LogP contribution in [0, 0.1) is 10.8 Å². The van der Waals surface area contributed by atoms with Gasteiger partial charge in [0.1, 0.15) is 39.0 Å². The van der Waals surface area contributed by atoms with Gasteiger partial charge in [0, 0.05) is 10.0 Å². The largest absolute Gasteiger partial charge is 0.487 e. The summed E-state index contributed by atoms with van der Waals surface area (Å²) in [5.41, 5.74) is -2.88. The van der Waals surface area contributed by atoms with Gasteiger partial charge in [-0.2, -0.15) is 0 Å². The Labute approximate surface area is 235 Å². The van der Waals surface area contributed by atoms with Crippen LogP contribution in [0.2, 0.25) is 10.0 Å². The van der Waals surface area contributed by atoms with Gasteiger partial charge in [-0.15, -0.1) is 11.6 Å². The van der Waals surface area contributed by atoms with Crippen LogP contribution in [0.4, 0.5) is 0 Å². The molecule has 0 spiro atoms. The molecule has 2 aliphatic carbocycles. The number of alkyl halides is 4. The van der Waals surface area contributed by atoms with Crippen LogP contribution in [0.25, 0.3) is 0 Å². The predicted octanol–water partition coefficient (Wildman–Crippen LogP) is 6.65. The van der Waals surface area contributed by atoms with Crippen LogP contribution >= 0.6 is 82.6 Å². The van der Waals surface area contributed by atoms with Crippen molar-refractivity contribution in [3.05, 3.63) is 58.6 Å². The van der Waals surface area contributed by atoms with Crippen LogP contribution in [-0.4, -0.2) is 42.9 Å². The van der Waals surface area contributed by atoms with Crippen molar-refractivity contribution in [1.82, 2.24) is 0 Å². The molecule has 0 aromatic heterocycles. The van der Waals surface area contributed by atoms with Gasteiger partial charge in [0.15, 0.2) is 9.20 Å². The fourth-order valence-electron chi connectivity index (χ4n) is 3.64. The van der Waals surface area contributed by atoms with E-state index in [1.54, 1.807) is 55.5 Å². The van der Waals surface area contributed by atoms with Gasteiger partial charge < -0.3 is 19.3 Å². The van der Waals surface area contributed by atoms with Crippen molar-refractivity contribution in [2.45, 2.75) is 26.1 Å². The number of hydrogen-bond acceptors (Lipinski definition) is 5. The third-order valence-electron chi connectivity index (χ3n) is 6.12. The lowest BCUT2D eigenvalue weighted by Gasteiger charge is -2.17. The second-order valence-electron chi connectivity index (χ2n) is 8.20. The standard InChI is InChI=1S/C22H16Br3Cl3O6/c1-19(15(22(19,25)28)33-13-6-2-11(26)3-7-13)18(31)32-10-20(17(29)30)16(21(20,23)24)34-14-8-4-12(27)5-9-14/h2-9,15-16H,10H2,1H3,(H,29,30). The van der Waals surface area contributed by atoms with Crippen molar-refractivity contribution in [1.29, 1.82) is 0 Å². The Kier molecular flexibility index (Phi) is 6.97. The lowest BCUT2D eigenvalue weighted by Crippen LogP contribution is -2.33. The highest BCUT2D eigenvalue weighted by molar-refractivity contribution is 9.25. The molecule has 4 rings (SSSR count). The number of hydrogen-bond donors (Lipinski definition) is 1. The number of esters is 1. The lowest BCUT2D eigenvalue weighted by molar-refractivity contribution is -0.158. The molecule has 6 nitrogen and oxygen atoms in total. The molecule has 34 heavy (non-hydrogen) atoms. The average Bonchev–Trinajstić information content (AvgIpc) is 3.44. The summed E-state index contributed by atoms with van der Waals surface area (Å²) < 4.78 is 14.8. The number of ether oxygens (including phenoxy) is 3. The number of carbonyl (C=O) groups is 2.